The van der Waals surface area contributed by atoms with Crippen LogP contribution in [0.1, 0.15) is 58.9 Å². The van der Waals surface area contributed by atoms with E-state index >= 15 is 4.39 Å². The number of ether oxygens (including phenoxy) is 1. The number of aromatic nitrogens is 1. The molecule has 4 aromatic rings. The third-order valence-corrected chi connectivity index (χ3v) is 7.36. The van der Waals surface area contributed by atoms with Crippen molar-refractivity contribution in [3.05, 3.63) is 99.6 Å². The van der Waals surface area contributed by atoms with Gasteiger partial charge < -0.3 is 9.30 Å². The van der Waals surface area contributed by atoms with Gasteiger partial charge in [0.25, 0.3) is 11.8 Å². The molecule has 5 rings (SSSR count). The second kappa shape index (κ2) is 11.2. The molecule has 0 saturated heterocycles. The lowest BCUT2D eigenvalue weighted by atomic mass is 9.99. The van der Waals surface area contributed by atoms with Crippen LogP contribution in [-0.4, -0.2) is 34.9 Å². The maximum Gasteiger partial charge on any atom is 0.261 e. The summed E-state index contributed by atoms with van der Waals surface area (Å²) in [5.74, 6) is -0.406. The van der Waals surface area contributed by atoms with Crippen LogP contribution in [0.4, 0.5) is 4.39 Å². The number of halogens is 1. The number of hydrogen-bond donors (Lipinski definition) is 0. The van der Waals surface area contributed by atoms with E-state index in [4.69, 9.17) is 4.74 Å². The molecule has 6 nitrogen and oxygen atoms in total. The van der Waals surface area contributed by atoms with Crippen molar-refractivity contribution in [3.63, 3.8) is 0 Å². The Balaban J connectivity index is 1.46. The van der Waals surface area contributed by atoms with Gasteiger partial charge in [-0.2, -0.15) is 0 Å². The molecule has 0 radical (unpaired) electrons. The smallest absolute Gasteiger partial charge is 0.261 e. The summed E-state index contributed by atoms with van der Waals surface area (Å²) in [5.41, 5.74) is 3.19. The zero-order chi connectivity index (χ0) is 27.5. The highest BCUT2D eigenvalue weighted by molar-refractivity contribution is 6.21. The van der Waals surface area contributed by atoms with E-state index in [0.29, 0.717) is 59.5 Å². The standard InChI is InChI=1S/C32H31FN2O4/c1-3-4-9-22-14-17-27(33)28-29(22)34(20-26(30(28)36)21-12-15-23(39-2)16-13-21)18-7-8-19-35-31(37)24-10-5-6-11-25(24)32(35)38/h5-6,10-17,20H,3-4,7-9,18-19H2,1-2H3. The van der Waals surface area contributed by atoms with E-state index in [9.17, 15) is 14.4 Å². The molecule has 0 aliphatic carbocycles. The Morgan fingerprint density at radius 2 is 1.46 bits per heavy atom. The third-order valence-electron chi connectivity index (χ3n) is 7.36. The van der Waals surface area contributed by atoms with Crippen molar-refractivity contribution in [3.8, 4) is 16.9 Å². The fraction of sp³-hybridized carbons (Fsp3) is 0.281. The molecule has 1 aliphatic rings. The largest absolute Gasteiger partial charge is 0.497 e. The molecule has 2 heterocycles. The van der Waals surface area contributed by atoms with Crippen LogP contribution >= 0.6 is 0 Å². The molecule has 39 heavy (non-hydrogen) atoms. The SMILES string of the molecule is CCCCc1ccc(F)c2c(=O)c(-c3ccc(OC)cc3)cn(CCCCN3C(=O)c4ccccc4C3=O)c12. The molecule has 1 aliphatic heterocycles. The maximum absolute atomic E-state index is 15.2. The molecule has 3 aromatic carbocycles. The number of amides is 2. The number of hydrogen-bond acceptors (Lipinski definition) is 4. The average Bonchev–Trinajstić information content (AvgIpc) is 3.20. The molecule has 0 saturated carbocycles. The predicted octanol–water partition coefficient (Wildman–Crippen LogP) is 6.24. The van der Waals surface area contributed by atoms with Crippen LogP contribution in [0.2, 0.25) is 0 Å². The highest BCUT2D eigenvalue weighted by Gasteiger charge is 2.34. The summed E-state index contributed by atoms with van der Waals surface area (Å²) in [6.07, 6.45) is 5.67. The Kier molecular flexibility index (Phi) is 7.59. The first-order chi connectivity index (χ1) is 18.9. The molecule has 2 amide bonds. The van der Waals surface area contributed by atoms with Crippen LogP contribution in [0.3, 0.4) is 0 Å². The molecule has 1 aromatic heterocycles. The molecule has 0 spiro atoms. The van der Waals surface area contributed by atoms with E-state index < -0.39 is 5.82 Å². The van der Waals surface area contributed by atoms with Gasteiger partial charge in [0.15, 0.2) is 5.43 Å². The highest BCUT2D eigenvalue weighted by atomic mass is 19.1. The second-order valence-electron chi connectivity index (χ2n) is 9.84. The van der Waals surface area contributed by atoms with Gasteiger partial charge in [0.05, 0.1) is 29.1 Å². The van der Waals surface area contributed by atoms with Gasteiger partial charge in [0.1, 0.15) is 11.6 Å². The van der Waals surface area contributed by atoms with E-state index in [1.165, 1.54) is 11.0 Å². The zero-order valence-corrected chi connectivity index (χ0v) is 22.2. The van der Waals surface area contributed by atoms with Crippen LogP contribution in [-0.2, 0) is 13.0 Å². The predicted molar refractivity (Wildman–Crippen MR) is 150 cm³/mol. The minimum atomic E-state index is -0.537. The molecule has 200 valence electrons. The number of benzene rings is 3. The van der Waals surface area contributed by atoms with Gasteiger partial charge in [-0.15, -0.1) is 0 Å². The van der Waals surface area contributed by atoms with E-state index in [1.807, 2.05) is 10.8 Å². The number of unbranched alkanes of at least 4 members (excludes halogenated alkanes) is 2. The number of rotatable bonds is 10. The van der Waals surface area contributed by atoms with Gasteiger partial charge in [-0.3, -0.25) is 19.3 Å². The third kappa shape index (κ3) is 4.97. The molecule has 0 N–H and O–H groups in total. The van der Waals surface area contributed by atoms with Crippen molar-refractivity contribution in [1.29, 1.82) is 0 Å². The van der Waals surface area contributed by atoms with Gasteiger partial charge in [-0.05, 0) is 67.1 Å². The van der Waals surface area contributed by atoms with Crippen molar-refractivity contribution in [2.75, 3.05) is 13.7 Å². The Morgan fingerprint density at radius 1 is 0.795 bits per heavy atom. The van der Waals surface area contributed by atoms with Gasteiger partial charge in [0.2, 0.25) is 0 Å². The summed E-state index contributed by atoms with van der Waals surface area (Å²) in [7, 11) is 1.58. The first kappa shape index (κ1) is 26.4. The van der Waals surface area contributed by atoms with Gasteiger partial charge in [0, 0.05) is 24.8 Å². The summed E-state index contributed by atoms with van der Waals surface area (Å²) >= 11 is 0. The molecule has 0 bridgehead atoms. The van der Waals surface area contributed by atoms with Crippen LogP contribution in [0.5, 0.6) is 5.75 Å². The van der Waals surface area contributed by atoms with Crippen molar-refractivity contribution in [2.45, 2.75) is 45.6 Å². The van der Waals surface area contributed by atoms with Crippen LogP contribution in [0.15, 0.2) is 71.7 Å². The minimum absolute atomic E-state index is 0.0947. The fourth-order valence-corrected chi connectivity index (χ4v) is 5.28. The Labute approximate surface area is 226 Å². The number of carbonyl (C=O) groups excluding carboxylic acids is 2. The van der Waals surface area contributed by atoms with Crippen molar-refractivity contribution < 1.29 is 18.7 Å². The number of nitrogens with zero attached hydrogens (tertiary/aromatic N) is 2. The number of imide groups is 1. The lowest BCUT2D eigenvalue weighted by Gasteiger charge is -2.18. The second-order valence-corrected chi connectivity index (χ2v) is 9.84. The first-order valence-corrected chi connectivity index (χ1v) is 13.4. The Hall–Kier alpha value is -4.26. The number of fused-ring (bicyclic) bond motifs is 2. The zero-order valence-electron chi connectivity index (χ0n) is 22.2. The minimum Gasteiger partial charge on any atom is -0.497 e. The number of methoxy groups -OCH3 is 1. The quantitative estimate of drug-likeness (QED) is 0.181. The molecule has 7 heteroatoms. The van der Waals surface area contributed by atoms with Crippen LogP contribution in [0.25, 0.3) is 22.0 Å². The molecule has 0 unspecified atom stereocenters. The van der Waals surface area contributed by atoms with E-state index in [0.717, 1.165) is 24.8 Å². The van der Waals surface area contributed by atoms with Gasteiger partial charge in [-0.1, -0.05) is 43.7 Å². The monoisotopic (exact) mass is 526 g/mol. The topological polar surface area (TPSA) is 68.6 Å². The number of carbonyl (C=O) groups is 2. The van der Waals surface area contributed by atoms with E-state index in [1.54, 1.807) is 61.7 Å². The normalized spacial score (nSPS) is 12.8. The number of aryl methyl sites for hydroxylation is 2. The Morgan fingerprint density at radius 3 is 2.10 bits per heavy atom. The van der Waals surface area contributed by atoms with E-state index in [2.05, 4.69) is 6.92 Å². The molecular formula is C32H31FN2O4. The summed E-state index contributed by atoms with van der Waals surface area (Å²) in [6.45, 7) is 2.90. The lowest BCUT2D eigenvalue weighted by molar-refractivity contribution is 0.0651. The average molecular weight is 527 g/mol. The van der Waals surface area contributed by atoms with Crippen molar-refractivity contribution >= 4 is 22.7 Å². The summed E-state index contributed by atoms with van der Waals surface area (Å²) in [6, 6.07) is 17.2. The summed E-state index contributed by atoms with van der Waals surface area (Å²) in [5, 5.41) is 0.0947. The molecule has 0 atom stereocenters. The summed E-state index contributed by atoms with van der Waals surface area (Å²) < 4.78 is 22.5. The van der Waals surface area contributed by atoms with Crippen LogP contribution < -0.4 is 10.2 Å². The fourth-order valence-electron chi connectivity index (χ4n) is 5.28. The highest BCUT2D eigenvalue weighted by Crippen LogP contribution is 2.28. The first-order valence-electron chi connectivity index (χ1n) is 13.4. The van der Waals surface area contributed by atoms with Gasteiger partial charge in [-0.25, -0.2) is 4.39 Å². The van der Waals surface area contributed by atoms with Gasteiger partial charge >= 0.3 is 0 Å². The van der Waals surface area contributed by atoms with E-state index in [-0.39, 0.29) is 22.6 Å². The Bertz CT molecular complexity index is 1570. The number of pyridine rings is 1. The molecule has 0 fully saturated rings. The summed E-state index contributed by atoms with van der Waals surface area (Å²) in [4.78, 5) is 40.4. The molecular weight excluding hydrogens is 495 g/mol. The maximum atomic E-state index is 15.2. The van der Waals surface area contributed by atoms with Crippen molar-refractivity contribution in [1.82, 2.24) is 9.47 Å². The lowest BCUT2D eigenvalue weighted by Crippen LogP contribution is -2.30. The van der Waals surface area contributed by atoms with Crippen molar-refractivity contribution in [2.24, 2.45) is 0 Å². The van der Waals surface area contributed by atoms with Crippen LogP contribution in [0, 0.1) is 5.82 Å².